The Balaban J connectivity index is 1.85. The molecule has 4 rings (SSSR count). The fraction of sp³-hybridized carbons (Fsp3) is 0.297. The Kier molecular flexibility index (Phi) is 12.1. The first kappa shape index (κ1) is 35.2. The van der Waals surface area contributed by atoms with E-state index in [4.69, 9.17) is 4.74 Å². The lowest BCUT2D eigenvalue weighted by Gasteiger charge is -2.34. The van der Waals surface area contributed by atoms with E-state index in [-0.39, 0.29) is 34.9 Å². The van der Waals surface area contributed by atoms with Crippen molar-refractivity contribution >= 4 is 27.5 Å². The average Bonchev–Trinajstić information content (AvgIpc) is 3.06. The zero-order valence-corrected chi connectivity index (χ0v) is 28.1. The quantitative estimate of drug-likeness (QED) is 0.153. The molecule has 0 aliphatic heterocycles. The monoisotopic (exact) mass is 659 g/mol. The fourth-order valence-electron chi connectivity index (χ4n) is 5.22. The van der Waals surface area contributed by atoms with Gasteiger partial charge >= 0.3 is 0 Å². The van der Waals surface area contributed by atoms with Crippen LogP contribution < -0.4 is 14.4 Å². The summed E-state index contributed by atoms with van der Waals surface area (Å²) in [4.78, 5) is 29.7. The van der Waals surface area contributed by atoms with Gasteiger partial charge in [0.25, 0.3) is 10.0 Å². The lowest BCUT2D eigenvalue weighted by molar-refractivity contribution is -0.140. The number of amides is 2. The molecule has 0 spiro atoms. The van der Waals surface area contributed by atoms with Crippen molar-refractivity contribution < 1.29 is 27.1 Å². The smallest absolute Gasteiger partial charge is 0.264 e. The zero-order valence-electron chi connectivity index (χ0n) is 27.3. The Bertz CT molecular complexity index is 1760. The minimum atomic E-state index is -4.32. The van der Waals surface area contributed by atoms with Gasteiger partial charge in [-0.05, 0) is 61.7 Å². The molecule has 8 nitrogen and oxygen atoms in total. The van der Waals surface area contributed by atoms with E-state index in [1.165, 1.54) is 30.2 Å². The Morgan fingerprint density at radius 2 is 1.55 bits per heavy atom. The first-order chi connectivity index (χ1) is 22.5. The predicted molar refractivity (Wildman–Crippen MR) is 182 cm³/mol. The van der Waals surface area contributed by atoms with E-state index in [1.54, 1.807) is 48.5 Å². The van der Waals surface area contributed by atoms with Crippen LogP contribution in [0.1, 0.15) is 42.0 Å². The molecule has 2 amide bonds. The molecule has 0 aliphatic rings. The largest absolute Gasteiger partial charge is 0.495 e. The van der Waals surface area contributed by atoms with Gasteiger partial charge in [0, 0.05) is 25.1 Å². The van der Waals surface area contributed by atoms with Crippen LogP contribution in [0, 0.1) is 19.7 Å². The zero-order chi connectivity index (χ0) is 34.0. The molecule has 0 aromatic heterocycles. The highest BCUT2D eigenvalue weighted by Crippen LogP contribution is 2.34. The van der Waals surface area contributed by atoms with E-state index < -0.39 is 40.2 Å². The lowest BCUT2D eigenvalue weighted by Crippen LogP contribution is -2.53. The summed E-state index contributed by atoms with van der Waals surface area (Å²) < 4.78 is 50.3. The molecule has 1 atom stereocenters. The van der Waals surface area contributed by atoms with Crippen molar-refractivity contribution in [2.75, 3.05) is 24.5 Å². The van der Waals surface area contributed by atoms with Crippen molar-refractivity contribution in [2.24, 2.45) is 0 Å². The third-order valence-corrected chi connectivity index (χ3v) is 9.66. The fourth-order valence-corrected chi connectivity index (χ4v) is 6.63. The SMILES string of the molecule is CCCCNC(=O)[C@@H](Cc1ccccc1)N(Cc1ccccc1F)C(=O)CN(c1cc(C)ccc1OC)S(=O)(=O)c1ccc(C)cc1. The minimum Gasteiger partial charge on any atom is -0.495 e. The van der Waals surface area contributed by atoms with Crippen LogP contribution >= 0.6 is 0 Å². The second-order valence-electron chi connectivity index (χ2n) is 11.5. The summed E-state index contributed by atoms with van der Waals surface area (Å²) in [6.45, 7) is 5.13. The average molecular weight is 660 g/mol. The molecule has 0 heterocycles. The Morgan fingerprint density at radius 1 is 0.894 bits per heavy atom. The molecule has 0 radical (unpaired) electrons. The number of unbranched alkanes of at least 4 members (excludes halogenated alkanes) is 1. The van der Waals surface area contributed by atoms with Gasteiger partial charge in [-0.15, -0.1) is 0 Å². The van der Waals surface area contributed by atoms with Crippen LogP contribution in [0.25, 0.3) is 0 Å². The summed E-state index contributed by atoms with van der Waals surface area (Å²) in [5, 5.41) is 2.93. The summed E-state index contributed by atoms with van der Waals surface area (Å²) in [6, 6.07) is 25.6. The first-order valence-corrected chi connectivity index (χ1v) is 17.1. The molecule has 0 aliphatic carbocycles. The maximum atomic E-state index is 15.1. The van der Waals surface area contributed by atoms with Gasteiger partial charge in [-0.1, -0.05) is 85.6 Å². The van der Waals surface area contributed by atoms with Crippen LogP contribution in [0.5, 0.6) is 5.75 Å². The summed E-state index contributed by atoms with van der Waals surface area (Å²) in [5.41, 5.74) is 2.77. The number of nitrogens with zero attached hydrogens (tertiary/aromatic N) is 2. The van der Waals surface area contributed by atoms with Gasteiger partial charge in [0.2, 0.25) is 11.8 Å². The number of rotatable bonds is 15. The van der Waals surface area contributed by atoms with Crippen LogP contribution in [0.4, 0.5) is 10.1 Å². The molecule has 0 saturated heterocycles. The van der Waals surface area contributed by atoms with E-state index in [9.17, 15) is 18.0 Å². The topological polar surface area (TPSA) is 96.0 Å². The summed E-state index contributed by atoms with van der Waals surface area (Å²) in [5.74, 6) is -1.38. The number of ether oxygens (including phenoxy) is 1. The van der Waals surface area contributed by atoms with E-state index in [2.05, 4.69) is 5.32 Å². The van der Waals surface area contributed by atoms with Crippen molar-refractivity contribution in [3.8, 4) is 5.75 Å². The predicted octanol–water partition coefficient (Wildman–Crippen LogP) is 6.20. The summed E-state index contributed by atoms with van der Waals surface area (Å²) in [6.07, 6.45) is 1.73. The molecule has 0 fully saturated rings. The van der Waals surface area contributed by atoms with Crippen LogP contribution in [-0.4, -0.2) is 51.4 Å². The number of anilines is 1. The van der Waals surface area contributed by atoms with E-state index >= 15 is 4.39 Å². The van der Waals surface area contributed by atoms with Crippen molar-refractivity contribution in [1.29, 1.82) is 0 Å². The standard InChI is InChI=1S/C37H42FN3O5S/c1-5-6-22-39-37(43)34(24-29-12-8-7-9-13-29)40(25-30-14-10-11-15-32(30)38)36(42)26-41(33-23-28(3)18-21-35(33)46-4)47(44,45)31-19-16-27(2)17-20-31/h7-21,23,34H,5-6,22,24-26H2,1-4H3,(H,39,43)/t34-/m1/s1. The number of carbonyl (C=O) groups excluding carboxylic acids is 2. The van der Waals surface area contributed by atoms with Crippen molar-refractivity contribution in [3.05, 3.63) is 125 Å². The molecule has 1 N–H and O–H groups in total. The number of carbonyl (C=O) groups is 2. The molecule has 0 unspecified atom stereocenters. The van der Waals surface area contributed by atoms with Gasteiger partial charge in [-0.25, -0.2) is 12.8 Å². The molecule has 10 heteroatoms. The van der Waals surface area contributed by atoms with Crippen molar-refractivity contribution in [1.82, 2.24) is 10.2 Å². The highest BCUT2D eigenvalue weighted by atomic mass is 32.2. The van der Waals surface area contributed by atoms with Crippen LogP contribution in [0.2, 0.25) is 0 Å². The molecule has 47 heavy (non-hydrogen) atoms. The number of hydrogen-bond acceptors (Lipinski definition) is 5. The Hall–Kier alpha value is -4.70. The van der Waals surface area contributed by atoms with Gasteiger partial charge < -0.3 is 15.0 Å². The summed E-state index contributed by atoms with van der Waals surface area (Å²) >= 11 is 0. The van der Waals surface area contributed by atoms with Crippen molar-refractivity contribution in [3.63, 3.8) is 0 Å². The van der Waals surface area contributed by atoms with E-state index in [0.717, 1.165) is 33.8 Å². The van der Waals surface area contributed by atoms with Gasteiger partial charge in [0.15, 0.2) is 0 Å². The molecule has 0 bridgehead atoms. The molecular weight excluding hydrogens is 617 g/mol. The Labute approximate surface area is 277 Å². The van der Waals surface area contributed by atoms with Gasteiger partial charge in [-0.3, -0.25) is 13.9 Å². The number of benzene rings is 4. The maximum absolute atomic E-state index is 15.1. The Morgan fingerprint density at radius 3 is 2.21 bits per heavy atom. The van der Waals surface area contributed by atoms with Gasteiger partial charge in [0.1, 0.15) is 24.2 Å². The minimum absolute atomic E-state index is 0.0155. The van der Waals surface area contributed by atoms with Crippen LogP contribution in [-0.2, 0) is 32.6 Å². The number of sulfonamides is 1. The molecular formula is C37H42FN3O5S. The molecule has 0 saturated carbocycles. The molecule has 4 aromatic carbocycles. The second kappa shape index (κ2) is 16.2. The van der Waals surface area contributed by atoms with E-state index in [1.807, 2.05) is 51.1 Å². The van der Waals surface area contributed by atoms with Crippen LogP contribution in [0.3, 0.4) is 0 Å². The third kappa shape index (κ3) is 8.98. The lowest BCUT2D eigenvalue weighted by atomic mass is 10.0. The number of nitrogens with one attached hydrogen (secondary N) is 1. The highest BCUT2D eigenvalue weighted by Gasteiger charge is 2.36. The number of aryl methyl sites for hydroxylation is 2. The van der Waals surface area contributed by atoms with Gasteiger partial charge in [0.05, 0.1) is 17.7 Å². The summed E-state index contributed by atoms with van der Waals surface area (Å²) in [7, 11) is -2.90. The highest BCUT2D eigenvalue weighted by molar-refractivity contribution is 7.92. The maximum Gasteiger partial charge on any atom is 0.264 e. The molecule has 248 valence electrons. The van der Waals surface area contributed by atoms with Gasteiger partial charge in [-0.2, -0.15) is 0 Å². The first-order valence-electron chi connectivity index (χ1n) is 15.6. The third-order valence-electron chi connectivity index (χ3n) is 7.89. The number of methoxy groups -OCH3 is 1. The second-order valence-corrected chi connectivity index (χ2v) is 13.3. The number of halogens is 1. The van der Waals surface area contributed by atoms with E-state index in [0.29, 0.717) is 6.54 Å². The normalized spacial score (nSPS) is 11.9. The van der Waals surface area contributed by atoms with Crippen LogP contribution in [0.15, 0.2) is 102 Å². The van der Waals surface area contributed by atoms with Crippen molar-refractivity contribution in [2.45, 2.75) is 57.5 Å². The number of hydrogen-bond donors (Lipinski definition) is 1. The molecule has 4 aromatic rings.